The van der Waals surface area contributed by atoms with Crippen molar-refractivity contribution in [2.45, 2.75) is 13.5 Å². The largest absolute Gasteiger partial charge is 0.488 e. The van der Waals surface area contributed by atoms with Crippen LogP contribution >= 0.6 is 0 Å². The number of rotatable bonds is 7. The van der Waals surface area contributed by atoms with E-state index >= 15 is 0 Å². The van der Waals surface area contributed by atoms with Gasteiger partial charge in [0, 0.05) is 5.56 Å². The number of hydrogen-bond donors (Lipinski definition) is 1. The number of aliphatic carboxylic acids is 1. The molecule has 0 spiro atoms. The SMILES string of the molecule is Cc1c(OCc2ccccc2)ccc(C=O)c1OCC(=O)O. The third kappa shape index (κ3) is 3.85. The van der Waals surface area contributed by atoms with Gasteiger partial charge >= 0.3 is 5.97 Å². The maximum absolute atomic E-state index is 11.0. The molecule has 114 valence electrons. The number of aldehydes is 1. The van der Waals surface area contributed by atoms with E-state index in [1.807, 2.05) is 30.3 Å². The average Bonchev–Trinajstić information content (AvgIpc) is 2.53. The molecule has 0 aliphatic heterocycles. The van der Waals surface area contributed by atoms with Crippen molar-refractivity contribution in [1.82, 2.24) is 0 Å². The molecule has 0 bridgehead atoms. The Kier molecular flexibility index (Phi) is 5.14. The highest BCUT2D eigenvalue weighted by Crippen LogP contribution is 2.31. The Labute approximate surface area is 128 Å². The van der Waals surface area contributed by atoms with E-state index in [0.717, 1.165) is 5.56 Å². The van der Waals surface area contributed by atoms with E-state index in [-0.39, 0.29) is 5.75 Å². The van der Waals surface area contributed by atoms with Crippen molar-refractivity contribution >= 4 is 12.3 Å². The van der Waals surface area contributed by atoms with Crippen molar-refractivity contribution in [2.24, 2.45) is 0 Å². The molecule has 0 unspecified atom stereocenters. The number of carbonyl (C=O) groups is 2. The summed E-state index contributed by atoms with van der Waals surface area (Å²) in [5, 5.41) is 8.71. The Morgan fingerprint density at radius 1 is 1.14 bits per heavy atom. The van der Waals surface area contributed by atoms with E-state index in [9.17, 15) is 9.59 Å². The van der Waals surface area contributed by atoms with Crippen LogP contribution in [0.3, 0.4) is 0 Å². The zero-order chi connectivity index (χ0) is 15.9. The number of carboxylic acid groups (broad SMARTS) is 1. The lowest BCUT2D eigenvalue weighted by Crippen LogP contribution is -2.12. The van der Waals surface area contributed by atoms with Gasteiger partial charge in [-0.25, -0.2) is 4.79 Å². The topological polar surface area (TPSA) is 72.8 Å². The number of hydrogen-bond acceptors (Lipinski definition) is 4. The lowest BCUT2D eigenvalue weighted by atomic mass is 10.1. The molecule has 0 fully saturated rings. The highest BCUT2D eigenvalue weighted by atomic mass is 16.5. The first-order chi connectivity index (χ1) is 10.6. The molecule has 0 aliphatic rings. The van der Waals surface area contributed by atoms with Crippen LogP contribution in [0.1, 0.15) is 21.5 Å². The van der Waals surface area contributed by atoms with E-state index in [2.05, 4.69) is 0 Å². The van der Waals surface area contributed by atoms with Gasteiger partial charge in [-0.05, 0) is 24.6 Å². The highest BCUT2D eigenvalue weighted by molar-refractivity contribution is 5.81. The number of carboxylic acids is 1. The van der Waals surface area contributed by atoms with Gasteiger partial charge < -0.3 is 14.6 Å². The monoisotopic (exact) mass is 300 g/mol. The lowest BCUT2D eigenvalue weighted by Gasteiger charge is -2.14. The normalized spacial score (nSPS) is 10.0. The van der Waals surface area contributed by atoms with Crippen molar-refractivity contribution in [1.29, 1.82) is 0 Å². The first-order valence-electron chi connectivity index (χ1n) is 6.72. The smallest absolute Gasteiger partial charge is 0.341 e. The maximum atomic E-state index is 11.0. The second-order valence-corrected chi connectivity index (χ2v) is 4.68. The van der Waals surface area contributed by atoms with E-state index < -0.39 is 12.6 Å². The molecule has 1 N–H and O–H groups in total. The Morgan fingerprint density at radius 3 is 2.50 bits per heavy atom. The molecule has 0 heterocycles. The molecule has 0 saturated heterocycles. The fourth-order valence-corrected chi connectivity index (χ4v) is 2.00. The van der Waals surface area contributed by atoms with Gasteiger partial charge in [-0.3, -0.25) is 4.79 Å². The summed E-state index contributed by atoms with van der Waals surface area (Å²) in [6, 6.07) is 12.9. The molecule has 22 heavy (non-hydrogen) atoms. The van der Waals surface area contributed by atoms with Crippen LogP contribution in [-0.4, -0.2) is 24.0 Å². The van der Waals surface area contributed by atoms with E-state index in [0.29, 0.717) is 29.8 Å². The lowest BCUT2D eigenvalue weighted by molar-refractivity contribution is -0.139. The van der Waals surface area contributed by atoms with Crippen molar-refractivity contribution in [3.63, 3.8) is 0 Å². The summed E-state index contributed by atoms with van der Waals surface area (Å²) in [4.78, 5) is 21.7. The quantitative estimate of drug-likeness (QED) is 0.796. The van der Waals surface area contributed by atoms with Crippen LogP contribution in [0.5, 0.6) is 11.5 Å². The predicted octanol–water partition coefficient (Wildman–Crippen LogP) is 2.85. The molecule has 5 heteroatoms. The van der Waals surface area contributed by atoms with Crippen LogP contribution in [0, 0.1) is 6.92 Å². The minimum absolute atomic E-state index is 0.239. The van der Waals surface area contributed by atoms with Gasteiger partial charge in [0.15, 0.2) is 12.9 Å². The third-order valence-electron chi connectivity index (χ3n) is 3.09. The molecule has 0 amide bonds. The van der Waals surface area contributed by atoms with Crippen LogP contribution in [-0.2, 0) is 11.4 Å². The molecule has 2 aromatic carbocycles. The van der Waals surface area contributed by atoms with Crippen molar-refractivity contribution in [3.8, 4) is 11.5 Å². The summed E-state index contributed by atoms with van der Waals surface area (Å²) in [7, 11) is 0. The van der Waals surface area contributed by atoms with Crippen LogP contribution < -0.4 is 9.47 Å². The van der Waals surface area contributed by atoms with Crippen LogP contribution in [0.25, 0.3) is 0 Å². The molecule has 0 aliphatic carbocycles. The molecule has 0 radical (unpaired) electrons. The van der Waals surface area contributed by atoms with Crippen LogP contribution in [0.2, 0.25) is 0 Å². The number of ether oxygens (including phenoxy) is 2. The number of carbonyl (C=O) groups excluding carboxylic acids is 1. The summed E-state index contributed by atoms with van der Waals surface area (Å²) in [6.45, 7) is 1.59. The molecule has 2 rings (SSSR count). The molecule has 2 aromatic rings. The average molecular weight is 300 g/mol. The summed E-state index contributed by atoms with van der Waals surface area (Å²) in [5.41, 5.74) is 1.90. The van der Waals surface area contributed by atoms with Crippen LogP contribution in [0.15, 0.2) is 42.5 Å². The standard InChI is InChI=1S/C17H16O5/c1-12-15(21-10-13-5-3-2-4-6-13)8-7-14(9-18)17(12)22-11-16(19)20/h2-9H,10-11H2,1H3,(H,19,20). The molecule has 0 aromatic heterocycles. The predicted molar refractivity (Wildman–Crippen MR) is 80.5 cm³/mol. The molecular weight excluding hydrogens is 284 g/mol. The molecule has 0 saturated carbocycles. The summed E-state index contributed by atoms with van der Waals surface area (Å²) in [6.07, 6.45) is 0.630. The highest BCUT2D eigenvalue weighted by Gasteiger charge is 2.13. The Bertz CT molecular complexity index is 664. The van der Waals surface area contributed by atoms with Crippen molar-refractivity contribution < 1.29 is 24.2 Å². The zero-order valence-corrected chi connectivity index (χ0v) is 12.1. The Hall–Kier alpha value is -2.82. The molecule has 0 atom stereocenters. The van der Waals surface area contributed by atoms with Gasteiger partial charge in [-0.2, -0.15) is 0 Å². The van der Waals surface area contributed by atoms with Crippen molar-refractivity contribution in [2.75, 3.05) is 6.61 Å². The summed E-state index contributed by atoms with van der Waals surface area (Å²) in [5.74, 6) is -0.315. The zero-order valence-electron chi connectivity index (χ0n) is 12.1. The van der Waals surface area contributed by atoms with Gasteiger partial charge in [0.2, 0.25) is 0 Å². The second-order valence-electron chi connectivity index (χ2n) is 4.68. The minimum atomic E-state index is -1.10. The van der Waals surface area contributed by atoms with Gasteiger partial charge in [-0.1, -0.05) is 30.3 Å². The van der Waals surface area contributed by atoms with Gasteiger partial charge in [0.1, 0.15) is 18.1 Å². The molecule has 5 nitrogen and oxygen atoms in total. The third-order valence-corrected chi connectivity index (χ3v) is 3.09. The van der Waals surface area contributed by atoms with E-state index in [1.54, 1.807) is 19.1 Å². The van der Waals surface area contributed by atoms with Crippen LogP contribution in [0.4, 0.5) is 0 Å². The fourth-order valence-electron chi connectivity index (χ4n) is 2.00. The number of benzene rings is 2. The Morgan fingerprint density at radius 2 is 1.86 bits per heavy atom. The van der Waals surface area contributed by atoms with E-state index in [1.165, 1.54) is 0 Å². The summed E-state index contributed by atoms with van der Waals surface area (Å²) >= 11 is 0. The summed E-state index contributed by atoms with van der Waals surface area (Å²) < 4.78 is 10.9. The maximum Gasteiger partial charge on any atom is 0.341 e. The molecular formula is C17H16O5. The Balaban J connectivity index is 2.19. The fraction of sp³-hybridized carbons (Fsp3) is 0.176. The van der Waals surface area contributed by atoms with Gasteiger partial charge in [-0.15, -0.1) is 0 Å². The van der Waals surface area contributed by atoms with Crippen molar-refractivity contribution in [3.05, 3.63) is 59.2 Å². The van der Waals surface area contributed by atoms with Gasteiger partial charge in [0.05, 0.1) is 5.56 Å². The van der Waals surface area contributed by atoms with E-state index in [4.69, 9.17) is 14.6 Å². The second kappa shape index (κ2) is 7.26. The first kappa shape index (κ1) is 15.6. The first-order valence-corrected chi connectivity index (χ1v) is 6.72. The van der Waals surface area contributed by atoms with Gasteiger partial charge in [0.25, 0.3) is 0 Å². The minimum Gasteiger partial charge on any atom is -0.488 e.